The van der Waals surface area contributed by atoms with E-state index in [-0.39, 0.29) is 48.6 Å². The lowest BCUT2D eigenvalue weighted by Gasteiger charge is -2.43. The van der Waals surface area contributed by atoms with E-state index in [9.17, 15) is 9.59 Å². The maximum Gasteiger partial charge on any atom is 0.227 e. The van der Waals surface area contributed by atoms with Crippen LogP contribution in [0.25, 0.3) is 0 Å². The third-order valence-electron chi connectivity index (χ3n) is 7.19. The van der Waals surface area contributed by atoms with Gasteiger partial charge in [-0.1, -0.05) is 18.6 Å². The molecule has 2 bridgehead atoms. The van der Waals surface area contributed by atoms with E-state index >= 15 is 0 Å². The quantitative estimate of drug-likeness (QED) is 0.708. The van der Waals surface area contributed by atoms with Crippen molar-refractivity contribution in [2.24, 2.45) is 23.5 Å². The summed E-state index contributed by atoms with van der Waals surface area (Å²) in [6.45, 7) is 3.43. The lowest BCUT2D eigenvalue weighted by Crippen LogP contribution is -2.48. The molecule has 0 spiro atoms. The Balaban J connectivity index is 0.00000171. The van der Waals surface area contributed by atoms with Crippen LogP contribution in [-0.4, -0.2) is 60.9 Å². The van der Waals surface area contributed by atoms with Crippen LogP contribution in [0.4, 0.5) is 5.69 Å². The molecule has 2 amide bonds. The number of amides is 2. The molecule has 174 valence electrons. The summed E-state index contributed by atoms with van der Waals surface area (Å²) < 4.78 is 0. The summed E-state index contributed by atoms with van der Waals surface area (Å²) >= 11 is 0. The average Bonchev–Trinajstić information content (AvgIpc) is 2.68. The topological polar surface area (TPSA) is 78.7 Å². The smallest absolute Gasteiger partial charge is 0.227 e. The second-order valence-electron chi connectivity index (χ2n) is 9.25. The lowest BCUT2D eigenvalue weighted by molar-refractivity contribution is -0.132. The van der Waals surface area contributed by atoms with Gasteiger partial charge in [-0.05, 0) is 62.3 Å². The molecule has 2 saturated carbocycles. The fourth-order valence-electron chi connectivity index (χ4n) is 5.35. The minimum Gasteiger partial charge on any atom is -0.340 e. The van der Waals surface area contributed by atoms with Gasteiger partial charge in [0.15, 0.2) is 0 Å². The summed E-state index contributed by atoms with van der Waals surface area (Å²) in [6, 6.07) is 8.02. The molecular formula is C23H36Cl2N4O2. The summed E-state index contributed by atoms with van der Waals surface area (Å²) in [5, 5.41) is 3.10. The summed E-state index contributed by atoms with van der Waals surface area (Å²) in [5.74, 6) is 1.31. The Labute approximate surface area is 198 Å². The molecule has 3 aliphatic rings. The number of halogens is 2. The van der Waals surface area contributed by atoms with Gasteiger partial charge in [0, 0.05) is 43.8 Å². The largest absolute Gasteiger partial charge is 0.340 e. The summed E-state index contributed by atoms with van der Waals surface area (Å²) in [5.41, 5.74) is 8.11. The molecule has 2 unspecified atom stereocenters. The zero-order valence-electron chi connectivity index (χ0n) is 18.3. The normalized spacial score (nSPS) is 28.1. The molecule has 8 heteroatoms. The van der Waals surface area contributed by atoms with Gasteiger partial charge in [0.05, 0.1) is 6.42 Å². The van der Waals surface area contributed by atoms with Crippen LogP contribution in [0.15, 0.2) is 24.3 Å². The maximum absolute atomic E-state index is 12.9. The summed E-state index contributed by atoms with van der Waals surface area (Å²) in [6.07, 6.45) is 5.77. The highest BCUT2D eigenvalue weighted by Crippen LogP contribution is 2.42. The first-order valence-electron chi connectivity index (χ1n) is 11.1. The second-order valence-corrected chi connectivity index (χ2v) is 9.25. The third kappa shape index (κ3) is 6.35. The van der Waals surface area contributed by atoms with Crippen LogP contribution in [0.1, 0.15) is 37.7 Å². The number of benzene rings is 1. The van der Waals surface area contributed by atoms with Gasteiger partial charge in [0.25, 0.3) is 0 Å². The highest BCUT2D eigenvalue weighted by atomic mass is 35.5. The van der Waals surface area contributed by atoms with Crippen molar-refractivity contribution in [2.45, 2.75) is 44.6 Å². The van der Waals surface area contributed by atoms with Gasteiger partial charge in [-0.3, -0.25) is 9.59 Å². The van der Waals surface area contributed by atoms with Crippen molar-refractivity contribution in [1.82, 2.24) is 9.80 Å². The van der Waals surface area contributed by atoms with Crippen LogP contribution in [-0.2, 0) is 16.0 Å². The SMILES string of the molecule is CN1CCN(C(=O)Cc2cccc(NC(=O)C3CC4CCCC(C3)C4N)c2)CC1.Cl.Cl. The number of carbonyl (C=O) groups is 2. The van der Waals surface area contributed by atoms with Crippen LogP contribution in [0.2, 0.25) is 0 Å². The standard InChI is InChI=1S/C23H34N4O2.2ClH/c1-26-8-10-27(11-9-26)21(28)13-16-4-2-7-20(12-16)25-23(29)19-14-17-5-3-6-18(15-19)22(17)24;;/h2,4,7,12,17-19,22H,3,5-6,8-11,13-15,24H2,1H3,(H,25,29);2*1H. The average molecular weight is 471 g/mol. The van der Waals surface area contributed by atoms with Crippen LogP contribution < -0.4 is 11.1 Å². The molecule has 2 atom stereocenters. The Morgan fingerprint density at radius 2 is 1.71 bits per heavy atom. The number of rotatable bonds is 4. The molecule has 1 heterocycles. The molecule has 1 aromatic rings. The van der Waals surface area contributed by atoms with Crippen molar-refractivity contribution in [2.75, 3.05) is 38.5 Å². The molecule has 3 N–H and O–H groups in total. The minimum atomic E-state index is 0. The zero-order valence-corrected chi connectivity index (χ0v) is 19.9. The van der Waals surface area contributed by atoms with Crippen molar-refractivity contribution in [1.29, 1.82) is 0 Å². The van der Waals surface area contributed by atoms with E-state index < -0.39 is 0 Å². The van der Waals surface area contributed by atoms with Crippen molar-refractivity contribution < 1.29 is 9.59 Å². The van der Waals surface area contributed by atoms with E-state index in [1.54, 1.807) is 0 Å². The first-order valence-corrected chi connectivity index (χ1v) is 11.1. The first kappa shape index (κ1) is 25.9. The molecule has 4 rings (SSSR count). The number of nitrogens with one attached hydrogen (secondary N) is 1. The Bertz CT molecular complexity index is 741. The predicted molar refractivity (Wildman–Crippen MR) is 129 cm³/mol. The van der Waals surface area contributed by atoms with Gasteiger partial charge in [0.2, 0.25) is 11.8 Å². The van der Waals surface area contributed by atoms with E-state index in [0.29, 0.717) is 18.3 Å². The fourth-order valence-corrected chi connectivity index (χ4v) is 5.35. The molecule has 1 aromatic carbocycles. The predicted octanol–water partition coefficient (Wildman–Crippen LogP) is 2.94. The minimum absolute atomic E-state index is 0. The number of fused-ring (bicyclic) bond motifs is 2. The van der Waals surface area contributed by atoms with Crippen molar-refractivity contribution >= 4 is 42.3 Å². The molecule has 1 saturated heterocycles. The van der Waals surface area contributed by atoms with E-state index in [1.165, 1.54) is 6.42 Å². The Hall–Kier alpha value is -1.34. The Kier molecular flexibility index (Phi) is 9.62. The summed E-state index contributed by atoms with van der Waals surface area (Å²) in [4.78, 5) is 29.7. The highest BCUT2D eigenvalue weighted by Gasteiger charge is 2.40. The highest BCUT2D eigenvalue weighted by molar-refractivity contribution is 5.93. The van der Waals surface area contributed by atoms with Gasteiger partial charge in [-0.2, -0.15) is 0 Å². The fraction of sp³-hybridized carbons (Fsp3) is 0.652. The van der Waals surface area contributed by atoms with Gasteiger partial charge in [0.1, 0.15) is 0 Å². The van der Waals surface area contributed by atoms with Crippen LogP contribution in [0, 0.1) is 17.8 Å². The van der Waals surface area contributed by atoms with Crippen LogP contribution in [0.5, 0.6) is 0 Å². The van der Waals surface area contributed by atoms with Crippen molar-refractivity contribution in [3.8, 4) is 0 Å². The monoisotopic (exact) mass is 470 g/mol. The van der Waals surface area contributed by atoms with Gasteiger partial charge in [-0.15, -0.1) is 24.8 Å². The number of nitrogens with zero attached hydrogens (tertiary/aromatic N) is 2. The van der Waals surface area contributed by atoms with Crippen molar-refractivity contribution in [3.05, 3.63) is 29.8 Å². The number of hydrogen-bond donors (Lipinski definition) is 2. The molecule has 0 radical (unpaired) electrons. The third-order valence-corrected chi connectivity index (χ3v) is 7.19. The molecule has 2 aliphatic carbocycles. The second kappa shape index (κ2) is 11.5. The molecule has 31 heavy (non-hydrogen) atoms. The Morgan fingerprint density at radius 3 is 2.35 bits per heavy atom. The number of likely N-dealkylation sites (N-methyl/N-ethyl adjacent to an activating group) is 1. The summed E-state index contributed by atoms with van der Waals surface area (Å²) in [7, 11) is 2.08. The number of hydrogen-bond acceptors (Lipinski definition) is 4. The molecule has 6 nitrogen and oxygen atoms in total. The molecule has 3 fully saturated rings. The van der Waals surface area contributed by atoms with Gasteiger partial charge < -0.3 is 20.9 Å². The lowest BCUT2D eigenvalue weighted by atomic mass is 9.65. The molecule has 1 aliphatic heterocycles. The number of piperazine rings is 1. The number of nitrogens with two attached hydrogens (primary N) is 1. The van der Waals surface area contributed by atoms with Crippen LogP contribution in [0.3, 0.4) is 0 Å². The first-order chi connectivity index (χ1) is 14.0. The van der Waals surface area contributed by atoms with E-state index in [0.717, 1.165) is 63.1 Å². The van der Waals surface area contributed by atoms with E-state index in [2.05, 4.69) is 17.3 Å². The number of carbonyl (C=O) groups excluding carboxylic acids is 2. The van der Waals surface area contributed by atoms with E-state index in [1.807, 2.05) is 29.2 Å². The Morgan fingerprint density at radius 1 is 1.06 bits per heavy atom. The maximum atomic E-state index is 12.9. The molecule has 0 aromatic heterocycles. The number of anilines is 1. The van der Waals surface area contributed by atoms with Gasteiger partial charge >= 0.3 is 0 Å². The van der Waals surface area contributed by atoms with E-state index in [4.69, 9.17) is 5.73 Å². The zero-order chi connectivity index (χ0) is 20.4. The van der Waals surface area contributed by atoms with Gasteiger partial charge in [-0.25, -0.2) is 0 Å². The van der Waals surface area contributed by atoms with Crippen molar-refractivity contribution in [3.63, 3.8) is 0 Å². The molecular weight excluding hydrogens is 435 g/mol. The van der Waals surface area contributed by atoms with Crippen LogP contribution >= 0.6 is 24.8 Å².